The third kappa shape index (κ3) is 4.31. The van der Waals surface area contributed by atoms with Gasteiger partial charge in [-0.25, -0.2) is 13.8 Å². The molecule has 1 atom stereocenters. The van der Waals surface area contributed by atoms with Gasteiger partial charge in [-0.1, -0.05) is 29.5 Å². The summed E-state index contributed by atoms with van der Waals surface area (Å²) in [5.41, 5.74) is 3.29. The summed E-state index contributed by atoms with van der Waals surface area (Å²) in [7, 11) is 0. The minimum Gasteiger partial charge on any atom is -0.376 e. The molecule has 1 saturated heterocycles. The second-order valence-corrected chi connectivity index (χ2v) is 8.47. The van der Waals surface area contributed by atoms with Crippen molar-refractivity contribution in [2.75, 3.05) is 18.1 Å². The third-order valence-electron chi connectivity index (χ3n) is 5.27. The number of aryl methyl sites for hydroxylation is 2. The molecular formula is C22H22F2N2O2S. The molecular weight excluding hydrogens is 394 g/mol. The van der Waals surface area contributed by atoms with Crippen LogP contribution in [0.1, 0.15) is 29.5 Å². The maximum atomic E-state index is 14.1. The number of aromatic nitrogens is 1. The fourth-order valence-corrected chi connectivity index (χ4v) is 4.55. The van der Waals surface area contributed by atoms with E-state index in [1.807, 2.05) is 32.0 Å². The number of carbonyl (C=O) groups excluding carboxylic acids is 1. The molecule has 1 aliphatic heterocycles. The van der Waals surface area contributed by atoms with Crippen LogP contribution in [0.25, 0.3) is 10.2 Å². The predicted octanol–water partition coefficient (Wildman–Crippen LogP) is 4.95. The van der Waals surface area contributed by atoms with E-state index in [1.165, 1.54) is 11.6 Å². The van der Waals surface area contributed by atoms with Crippen molar-refractivity contribution in [1.29, 1.82) is 0 Å². The third-order valence-corrected chi connectivity index (χ3v) is 6.30. The molecule has 0 aliphatic carbocycles. The summed E-state index contributed by atoms with van der Waals surface area (Å²) in [6.07, 6.45) is 1.94. The van der Waals surface area contributed by atoms with Crippen molar-refractivity contribution < 1.29 is 18.3 Å². The Kier molecular flexibility index (Phi) is 5.61. The zero-order valence-corrected chi connectivity index (χ0v) is 17.2. The number of anilines is 1. The number of halogens is 2. The second kappa shape index (κ2) is 8.16. The van der Waals surface area contributed by atoms with Crippen molar-refractivity contribution in [3.8, 4) is 0 Å². The summed E-state index contributed by atoms with van der Waals surface area (Å²) in [6.45, 7) is 5.06. The molecule has 152 valence electrons. The maximum Gasteiger partial charge on any atom is 0.233 e. The van der Waals surface area contributed by atoms with Crippen LogP contribution in [-0.2, 0) is 16.0 Å². The molecule has 0 radical (unpaired) electrons. The van der Waals surface area contributed by atoms with Crippen LogP contribution in [0.15, 0.2) is 30.3 Å². The quantitative estimate of drug-likeness (QED) is 0.591. The Balaban J connectivity index is 1.66. The number of amides is 1. The van der Waals surface area contributed by atoms with E-state index in [9.17, 15) is 13.6 Å². The first-order valence-corrected chi connectivity index (χ1v) is 10.5. The molecule has 29 heavy (non-hydrogen) atoms. The normalized spacial score (nSPS) is 16.5. The van der Waals surface area contributed by atoms with Gasteiger partial charge in [0.2, 0.25) is 5.91 Å². The predicted molar refractivity (Wildman–Crippen MR) is 110 cm³/mol. The minimum atomic E-state index is -0.721. The van der Waals surface area contributed by atoms with Gasteiger partial charge in [-0.2, -0.15) is 0 Å². The van der Waals surface area contributed by atoms with Crippen LogP contribution in [0.3, 0.4) is 0 Å². The highest BCUT2D eigenvalue weighted by atomic mass is 32.1. The number of thiazole rings is 1. The largest absolute Gasteiger partial charge is 0.376 e. The van der Waals surface area contributed by atoms with Crippen LogP contribution >= 0.6 is 11.3 Å². The Labute approximate surface area is 172 Å². The van der Waals surface area contributed by atoms with E-state index in [-0.39, 0.29) is 23.9 Å². The van der Waals surface area contributed by atoms with Crippen molar-refractivity contribution in [3.05, 3.63) is 58.7 Å². The molecule has 1 aromatic heterocycles. The number of carbonyl (C=O) groups is 1. The average Bonchev–Trinajstić information content (AvgIpc) is 3.32. The Morgan fingerprint density at radius 1 is 1.24 bits per heavy atom. The van der Waals surface area contributed by atoms with Crippen LogP contribution in [0, 0.1) is 25.5 Å². The number of fused-ring (bicyclic) bond motifs is 1. The average molecular weight is 416 g/mol. The number of benzene rings is 2. The van der Waals surface area contributed by atoms with Gasteiger partial charge in [0.25, 0.3) is 0 Å². The van der Waals surface area contributed by atoms with Crippen LogP contribution in [-0.4, -0.2) is 30.1 Å². The van der Waals surface area contributed by atoms with E-state index in [1.54, 1.807) is 4.90 Å². The molecule has 1 unspecified atom stereocenters. The van der Waals surface area contributed by atoms with Gasteiger partial charge < -0.3 is 4.74 Å². The minimum absolute atomic E-state index is 0.0766. The molecule has 2 aromatic carbocycles. The first-order chi connectivity index (χ1) is 13.9. The lowest BCUT2D eigenvalue weighted by Crippen LogP contribution is -2.38. The topological polar surface area (TPSA) is 42.4 Å². The van der Waals surface area contributed by atoms with Gasteiger partial charge in [-0.05, 0) is 49.4 Å². The van der Waals surface area contributed by atoms with E-state index in [2.05, 4.69) is 4.98 Å². The highest BCUT2D eigenvalue weighted by Crippen LogP contribution is 2.32. The molecule has 7 heteroatoms. The smallest absolute Gasteiger partial charge is 0.233 e. The lowest BCUT2D eigenvalue weighted by Gasteiger charge is -2.23. The Bertz CT molecular complexity index is 1060. The monoisotopic (exact) mass is 416 g/mol. The van der Waals surface area contributed by atoms with E-state index >= 15 is 0 Å². The van der Waals surface area contributed by atoms with Gasteiger partial charge in [0.15, 0.2) is 10.9 Å². The molecule has 0 N–H and O–H groups in total. The molecule has 1 aliphatic rings. The number of hydrogen-bond donors (Lipinski definition) is 0. The summed E-state index contributed by atoms with van der Waals surface area (Å²) in [5.74, 6) is -1.51. The van der Waals surface area contributed by atoms with Crippen LogP contribution in [0.5, 0.6) is 0 Å². The van der Waals surface area contributed by atoms with Gasteiger partial charge in [-0.15, -0.1) is 0 Å². The summed E-state index contributed by atoms with van der Waals surface area (Å²) in [6, 6.07) is 8.01. The summed E-state index contributed by atoms with van der Waals surface area (Å²) in [4.78, 5) is 19.1. The number of hydrogen-bond acceptors (Lipinski definition) is 4. The molecule has 3 aromatic rings. The molecule has 0 bridgehead atoms. The molecule has 1 fully saturated rings. The van der Waals surface area contributed by atoms with E-state index in [4.69, 9.17) is 4.74 Å². The fourth-order valence-electron chi connectivity index (χ4n) is 3.52. The first kappa shape index (κ1) is 19.9. The van der Waals surface area contributed by atoms with E-state index in [0.29, 0.717) is 23.0 Å². The van der Waals surface area contributed by atoms with Gasteiger partial charge in [0, 0.05) is 12.7 Å². The van der Waals surface area contributed by atoms with Gasteiger partial charge in [-0.3, -0.25) is 9.69 Å². The molecule has 4 nitrogen and oxygen atoms in total. The Morgan fingerprint density at radius 3 is 2.79 bits per heavy atom. The highest BCUT2D eigenvalue weighted by molar-refractivity contribution is 7.22. The van der Waals surface area contributed by atoms with Crippen molar-refractivity contribution in [1.82, 2.24) is 4.98 Å². The van der Waals surface area contributed by atoms with Crippen LogP contribution in [0.2, 0.25) is 0 Å². The highest BCUT2D eigenvalue weighted by Gasteiger charge is 2.27. The summed E-state index contributed by atoms with van der Waals surface area (Å²) < 4.78 is 33.8. The second-order valence-electron chi connectivity index (χ2n) is 7.47. The van der Waals surface area contributed by atoms with E-state index in [0.717, 1.165) is 41.4 Å². The van der Waals surface area contributed by atoms with Crippen molar-refractivity contribution in [2.24, 2.45) is 0 Å². The first-order valence-electron chi connectivity index (χ1n) is 9.64. The Hall–Kier alpha value is -2.38. The number of nitrogens with zero attached hydrogens (tertiary/aromatic N) is 2. The molecule has 0 spiro atoms. The van der Waals surface area contributed by atoms with Gasteiger partial charge in [0.1, 0.15) is 11.3 Å². The van der Waals surface area contributed by atoms with Gasteiger partial charge >= 0.3 is 0 Å². The standard InChI is InChI=1S/C22H22F2N2O2S/c1-13-5-6-15(8-14(13)2)9-20(27)26(12-17-4-3-7-28-17)22-25-21-18(24)10-16(23)11-19(21)29-22/h5-6,8,10-11,17H,3-4,7,9,12H2,1-2H3. The van der Waals surface area contributed by atoms with Gasteiger partial charge in [0.05, 0.1) is 23.8 Å². The SMILES string of the molecule is Cc1ccc(CC(=O)N(CC2CCCO2)c2nc3c(F)cc(F)cc3s2)cc1C. The van der Waals surface area contributed by atoms with Crippen molar-refractivity contribution in [2.45, 2.75) is 39.2 Å². The zero-order chi connectivity index (χ0) is 20.5. The van der Waals surface area contributed by atoms with Crippen LogP contribution in [0.4, 0.5) is 13.9 Å². The number of ether oxygens (including phenoxy) is 1. The van der Waals surface area contributed by atoms with Crippen molar-refractivity contribution >= 4 is 32.6 Å². The lowest BCUT2D eigenvalue weighted by atomic mass is 10.0. The molecule has 2 heterocycles. The summed E-state index contributed by atoms with van der Waals surface area (Å²) in [5, 5.41) is 0.369. The fraction of sp³-hybridized carbons (Fsp3) is 0.364. The lowest BCUT2D eigenvalue weighted by molar-refractivity contribution is -0.118. The zero-order valence-electron chi connectivity index (χ0n) is 16.4. The number of rotatable bonds is 5. The molecule has 1 amide bonds. The molecule has 0 saturated carbocycles. The maximum absolute atomic E-state index is 14.1. The summed E-state index contributed by atoms with van der Waals surface area (Å²) >= 11 is 1.12. The van der Waals surface area contributed by atoms with Crippen LogP contribution < -0.4 is 4.90 Å². The van der Waals surface area contributed by atoms with Crippen molar-refractivity contribution in [3.63, 3.8) is 0 Å². The molecule has 4 rings (SSSR count). The van der Waals surface area contributed by atoms with E-state index < -0.39 is 11.6 Å². The Morgan fingerprint density at radius 2 is 2.07 bits per heavy atom.